The normalized spacial score (nSPS) is 11.0. The summed E-state index contributed by atoms with van der Waals surface area (Å²) in [5, 5.41) is 10.4. The first-order valence-corrected chi connectivity index (χ1v) is 8.04. The molecule has 0 fully saturated rings. The fourth-order valence-corrected chi connectivity index (χ4v) is 2.86. The SMILES string of the molecule is C#CCOc1ccccc1/C=C(\C#N)C(=O)c1c(C)[nH]c2ccccc12. The maximum atomic E-state index is 13.0. The first kappa shape index (κ1) is 17.1. The van der Waals surface area contributed by atoms with Crippen LogP contribution in [0.3, 0.4) is 0 Å². The number of carbonyl (C=O) groups is 1. The van der Waals surface area contributed by atoms with Gasteiger partial charge in [0.25, 0.3) is 0 Å². The van der Waals surface area contributed by atoms with Crippen LogP contribution in [0.1, 0.15) is 21.6 Å². The van der Waals surface area contributed by atoms with Crippen molar-refractivity contribution < 1.29 is 9.53 Å². The average Bonchev–Trinajstić information content (AvgIpc) is 3.00. The van der Waals surface area contributed by atoms with E-state index in [0.717, 1.165) is 16.6 Å². The maximum absolute atomic E-state index is 13.0. The van der Waals surface area contributed by atoms with Gasteiger partial charge in [0.15, 0.2) is 0 Å². The standard InChI is InChI=1S/C22H16N2O2/c1-3-12-26-20-11-7-4-8-16(20)13-17(14-23)22(25)21-15(2)24-19-10-6-5-9-18(19)21/h1,4-11,13,24H,12H2,2H3/b17-13+. The number of Topliss-reactive ketones (excluding diaryl/α,β-unsaturated/α-hetero) is 1. The number of aromatic nitrogens is 1. The molecule has 1 aromatic heterocycles. The number of rotatable bonds is 5. The molecule has 0 atom stereocenters. The molecule has 3 aromatic rings. The Labute approximate surface area is 151 Å². The number of allylic oxidation sites excluding steroid dienone is 1. The molecule has 1 N–H and O–H groups in total. The van der Waals surface area contributed by atoms with Gasteiger partial charge < -0.3 is 9.72 Å². The second-order valence-corrected chi connectivity index (χ2v) is 5.70. The number of nitrogens with zero attached hydrogens (tertiary/aromatic N) is 1. The largest absolute Gasteiger partial charge is 0.480 e. The zero-order valence-corrected chi connectivity index (χ0v) is 14.2. The molecule has 0 amide bonds. The van der Waals surface area contributed by atoms with Crippen LogP contribution in [-0.2, 0) is 0 Å². The van der Waals surface area contributed by atoms with Crippen molar-refractivity contribution in [3.05, 3.63) is 70.9 Å². The van der Waals surface area contributed by atoms with E-state index in [9.17, 15) is 10.1 Å². The molecule has 0 spiro atoms. The molecule has 0 aliphatic carbocycles. The molecule has 3 rings (SSSR count). The quantitative estimate of drug-likeness (QED) is 0.326. The van der Waals surface area contributed by atoms with Crippen molar-refractivity contribution in [3.8, 4) is 24.2 Å². The Morgan fingerprint density at radius 2 is 1.96 bits per heavy atom. The van der Waals surface area contributed by atoms with E-state index in [-0.39, 0.29) is 18.0 Å². The van der Waals surface area contributed by atoms with Gasteiger partial charge in [-0.1, -0.05) is 42.3 Å². The molecule has 0 radical (unpaired) electrons. The van der Waals surface area contributed by atoms with Gasteiger partial charge in [-0.15, -0.1) is 6.42 Å². The highest BCUT2D eigenvalue weighted by Gasteiger charge is 2.20. The lowest BCUT2D eigenvalue weighted by Crippen LogP contribution is -2.04. The fraction of sp³-hybridized carbons (Fsp3) is 0.0909. The third-order valence-electron chi connectivity index (χ3n) is 4.02. The lowest BCUT2D eigenvalue weighted by molar-refractivity contribution is 0.104. The van der Waals surface area contributed by atoms with E-state index in [1.165, 1.54) is 6.08 Å². The van der Waals surface area contributed by atoms with Gasteiger partial charge in [0.1, 0.15) is 24.0 Å². The molecule has 4 nitrogen and oxygen atoms in total. The van der Waals surface area contributed by atoms with E-state index in [0.29, 0.717) is 16.9 Å². The third kappa shape index (κ3) is 3.22. The van der Waals surface area contributed by atoms with Gasteiger partial charge in [-0.25, -0.2) is 0 Å². The number of hydrogen-bond acceptors (Lipinski definition) is 3. The highest BCUT2D eigenvalue weighted by Crippen LogP contribution is 2.27. The van der Waals surface area contributed by atoms with Crippen molar-refractivity contribution in [2.45, 2.75) is 6.92 Å². The third-order valence-corrected chi connectivity index (χ3v) is 4.02. The Bertz CT molecular complexity index is 1090. The minimum Gasteiger partial charge on any atom is -0.480 e. The number of aryl methyl sites for hydroxylation is 1. The van der Waals surface area contributed by atoms with Gasteiger partial charge in [-0.3, -0.25) is 4.79 Å². The molecule has 1 heterocycles. The Kier molecular flexibility index (Phi) is 4.87. The van der Waals surface area contributed by atoms with Crippen molar-refractivity contribution in [1.82, 2.24) is 4.98 Å². The van der Waals surface area contributed by atoms with Crippen LogP contribution in [-0.4, -0.2) is 17.4 Å². The number of nitriles is 1. The average molecular weight is 340 g/mol. The molecular formula is C22H16N2O2. The van der Waals surface area contributed by atoms with Crippen molar-refractivity contribution in [2.75, 3.05) is 6.61 Å². The number of hydrogen-bond donors (Lipinski definition) is 1. The summed E-state index contributed by atoms with van der Waals surface area (Å²) in [5.74, 6) is 2.61. The maximum Gasteiger partial charge on any atom is 0.205 e. The van der Waals surface area contributed by atoms with Gasteiger partial charge in [0.2, 0.25) is 5.78 Å². The minimum atomic E-state index is -0.325. The number of H-pyrrole nitrogens is 1. The van der Waals surface area contributed by atoms with E-state index in [1.54, 1.807) is 18.2 Å². The van der Waals surface area contributed by atoms with E-state index >= 15 is 0 Å². The topological polar surface area (TPSA) is 65.9 Å². The predicted octanol–water partition coefficient (Wildman–Crippen LogP) is 4.28. The van der Waals surface area contributed by atoms with Gasteiger partial charge in [-0.05, 0) is 25.1 Å². The number of para-hydroxylation sites is 2. The molecule has 2 aromatic carbocycles. The highest BCUT2D eigenvalue weighted by atomic mass is 16.5. The number of terminal acetylenes is 1. The smallest absolute Gasteiger partial charge is 0.205 e. The molecule has 0 saturated carbocycles. The number of nitrogens with one attached hydrogen (secondary N) is 1. The second-order valence-electron chi connectivity index (χ2n) is 5.70. The van der Waals surface area contributed by atoms with Crippen molar-refractivity contribution in [1.29, 1.82) is 5.26 Å². The van der Waals surface area contributed by atoms with Crippen LogP contribution >= 0.6 is 0 Å². The van der Waals surface area contributed by atoms with Gasteiger partial charge in [0, 0.05) is 22.2 Å². The van der Waals surface area contributed by atoms with Crippen LogP contribution in [0, 0.1) is 30.6 Å². The minimum absolute atomic E-state index is 0.0367. The van der Waals surface area contributed by atoms with Crippen molar-refractivity contribution in [2.24, 2.45) is 0 Å². The highest BCUT2D eigenvalue weighted by molar-refractivity contribution is 6.20. The van der Waals surface area contributed by atoms with E-state index in [4.69, 9.17) is 11.2 Å². The summed E-state index contributed by atoms with van der Waals surface area (Å²) in [4.78, 5) is 16.2. The number of aromatic amines is 1. The Hall–Kier alpha value is -3.76. The van der Waals surface area contributed by atoms with E-state index in [2.05, 4.69) is 10.9 Å². The molecule has 0 aliphatic rings. The van der Waals surface area contributed by atoms with E-state index in [1.807, 2.05) is 43.3 Å². The van der Waals surface area contributed by atoms with Crippen LogP contribution in [0.4, 0.5) is 0 Å². The molecular weight excluding hydrogens is 324 g/mol. The van der Waals surface area contributed by atoms with Crippen LogP contribution in [0.15, 0.2) is 54.1 Å². The summed E-state index contributed by atoms with van der Waals surface area (Å²) < 4.78 is 5.49. The predicted molar refractivity (Wildman–Crippen MR) is 102 cm³/mol. The first-order valence-electron chi connectivity index (χ1n) is 8.04. The first-order chi connectivity index (χ1) is 12.7. The lowest BCUT2D eigenvalue weighted by atomic mass is 9.99. The fourth-order valence-electron chi connectivity index (χ4n) is 2.86. The van der Waals surface area contributed by atoms with E-state index < -0.39 is 0 Å². The van der Waals surface area contributed by atoms with Gasteiger partial charge >= 0.3 is 0 Å². The van der Waals surface area contributed by atoms with Gasteiger partial charge in [-0.2, -0.15) is 5.26 Å². The number of fused-ring (bicyclic) bond motifs is 1. The van der Waals surface area contributed by atoms with Crippen LogP contribution in [0.25, 0.3) is 17.0 Å². The number of ether oxygens (including phenoxy) is 1. The molecule has 26 heavy (non-hydrogen) atoms. The molecule has 0 bridgehead atoms. The summed E-state index contributed by atoms with van der Waals surface area (Å²) in [7, 11) is 0. The summed E-state index contributed by atoms with van der Waals surface area (Å²) in [6.45, 7) is 1.94. The van der Waals surface area contributed by atoms with Crippen molar-refractivity contribution >= 4 is 22.8 Å². The number of benzene rings is 2. The Balaban J connectivity index is 2.06. The van der Waals surface area contributed by atoms with Crippen molar-refractivity contribution in [3.63, 3.8) is 0 Å². The van der Waals surface area contributed by atoms with Crippen LogP contribution in [0.2, 0.25) is 0 Å². The van der Waals surface area contributed by atoms with Crippen LogP contribution in [0.5, 0.6) is 5.75 Å². The van der Waals surface area contributed by atoms with Crippen LogP contribution < -0.4 is 4.74 Å². The Morgan fingerprint density at radius 3 is 2.73 bits per heavy atom. The Morgan fingerprint density at radius 1 is 1.23 bits per heavy atom. The molecule has 0 unspecified atom stereocenters. The summed E-state index contributed by atoms with van der Waals surface area (Å²) in [5.41, 5.74) is 2.77. The summed E-state index contributed by atoms with van der Waals surface area (Å²) >= 11 is 0. The summed E-state index contributed by atoms with van der Waals surface area (Å²) in [6.07, 6.45) is 6.77. The number of ketones is 1. The molecule has 0 saturated heterocycles. The summed E-state index contributed by atoms with van der Waals surface area (Å²) in [6, 6.07) is 16.7. The number of carbonyl (C=O) groups excluding carboxylic acids is 1. The molecule has 0 aliphatic heterocycles. The van der Waals surface area contributed by atoms with Gasteiger partial charge in [0.05, 0.1) is 5.56 Å². The molecule has 126 valence electrons. The molecule has 4 heteroatoms. The monoisotopic (exact) mass is 340 g/mol. The zero-order valence-electron chi connectivity index (χ0n) is 14.2. The second kappa shape index (κ2) is 7.42. The lowest BCUT2D eigenvalue weighted by Gasteiger charge is -2.07. The zero-order chi connectivity index (χ0) is 18.5.